The molecule has 0 bridgehead atoms. The second-order valence-corrected chi connectivity index (χ2v) is 10.2. The van der Waals surface area contributed by atoms with Crippen molar-refractivity contribution >= 4 is 33.2 Å². The Labute approximate surface area is 189 Å². The van der Waals surface area contributed by atoms with Crippen LogP contribution < -0.4 is 14.9 Å². The number of sulfonamides is 1. The normalized spacial score (nSPS) is 18.1. The van der Waals surface area contributed by atoms with Crippen molar-refractivity contribution < 1.29 is 18.0 Å². The summed E-state index contributed by atoms with van der Waals surface area (Å²) in [5, 5.41) is 2.79. The van der Waals surface area contributed by atoms with Gasteiger partial charge in [0.2, 0.25) is 21.8 Å². The van der Waals surface area contributed by atoms with E-state index in [2.05, 4.69) is 22.2 Å². The van der Waals surface area contributed by atoms with Crippen LogP contribution in [-0.2, 0) is 32.5 Å². The number of benzene rings is 2. The van der Waals surface area contributed by atoms with E-state index >= 15 is 0 Å². The summed E-state index contributed by atoms with van der Waals surface area (Å²) in [7, 11) is -3.63. The molecule has 1 fully saturated rings. The first-order valence-electron chi connectivity index (χ1n) is 11.2. The van der Waals surface area contributed by atoms with Gasteiger partial charge in [-0.3, -0.25) is 9.59 Å². The van der Waals surface area contributed by atoms with Gasteiger partial charge in [-0.1, -0.05) is 25.5 Å². The van der Waals surface area contributed by atoms with Crippen LogP contribution in [-0.4, -0.2) is 33.3 Å². The van der Waals surface area contributed by atoms with E-state index in [9.17, 15) is 18.0 Å². The minimum atomic E-state index is -3.63. The molecule has 1 aliphatic heterocycles. The van der Waals surface area contributed by atoms with E-state index in [0.29, 0.717) is 18.8 Å². The molecular weight excluding hydrogens is 426 g/mol. The summed E-state index contributed by atoms with van der Waals surface area (Å²) >= 11 is 0. The maximum absolute atomic E-state index is 12.8. The van der Waals surface area contributed by atoms with Gasteiger partial charge in [0.25, 0.3) is 0 Å². The Kier molecular flexibility index (Phi) is 6.62. The Morgan fingerprint density at radius 3 is 2.75 bits per heavy atom. The zero-order chi connectivity index (χ0) is 22.7. The van der Waals surface area contributed by atoms with Crippen LogP contribution in [0.4, 0.5) is 11.4 Å². The lowest BCUT2D eigenvalue weighted by Gasteiger charge is -2.18. The largest absolute Gasteiger partial charge is 0.326 e. The third-order valence-electron chi connectivity index (χ3n) is 6.12. The highest BCUT2D eigenvalue weighted by Gasteiger charge is 2.35. The van der Waals surface area contributed by atoms with Crippen molar-refractivity contribution in [1.29, 1.82) is 0 Å². The number of rotatable bonds is 8. The van der Waals surface area contributed by atoms with Crippen LogP contribution in [0.25, 0.3) is 0 Å². The van der Waals surface area contributed by atoms with Gasteiger partial charge >= 0.3 is 0 Å². The van der Waals surface area contributed by atoms with Crippen LogP contribution in [0.2, 0.25) is 0 Å². The average Bonchev–Trinajstić information content (AvgIpc) is 3.40. The Morgan fingerprint density at radius 1 is 1.12 bits per heavy atom. The zero-order valence-electron chi connectivity index (χ0n) is 18.3. The highest BCUT2D eigenvalue weighted by molar-refractivity contribution is 7.89. The van der Waals surface area contributed by atoms with E-state index < -0.39 is 15.9 Å². The topological polar surface area (TPSA) is 95.6 Å². The maximum Gasteiger partial charge on any atom is 0.240 e. The van der Waals surface area contributed by atoms with Crippen LogP contribution in [0.1, 0.15) is 43.7 Å². The van der Waals surface area contributed by atoms with Crippen molar-refractivity contribution in [3.8, 4) is 0 Å². The van der Waals surface area contributed by atoms with Gasteiger partial charge in [0.15, 0.2) is 0 Å². The molecule has 0 radical (unpaired) electrons. The molecule has 2 aromatic rings. The SMILES string of the molecule is CCCCNS(=O)(=O)c1cccc(NC(=O)C2CC(=O)N(c3ccc4c(c3)CCC4)C2)c1. The smallest absolute Gasteiger partial charge is 0.240 e. The second kappa shape index (κ2) is 9.42. The lowest BCUT2D eigenvalue weighted by atomic mass is 10.1. The molecule has 170 valence electrons. The number of aryl methyl sites for hydroxylation is 2. The summed E-state index contributed by atoms with van der Waals surface area (Å²) in [6, 6.07) is 12.3. The van der Waals surface area contributed by atoms with Crippen LogP contribution in [0.15, 0.2) is 47.4 Å². The van der Waals surface area contributed by atoms with Gasteiger partial charge in [0, 0.05) is 30.9 Å². The Bertz CT molecular complexity index is 1130. The first kappa shape index (κ1) is 22.5. The predicted octanol–water partition coefficient (Wildman–Crippen LogP) is 3.25. The van der Waals surface area contributed by atoms with Crippen LogP contribution in [0.3, 0.4) is 0 Å². The number of nitrogens with zero attached hydrogens (tertiary/aromatic N) is 1. The van der Waals surface area contributed by atoms with E-state index in [1.165, 1.54) is 23.3 Å². The number of hydrogen-bond donors (Lipinski definition) is 2. The zero-order valence-corrected chi connectivity index (χ0v) is 19.1. The molecule has 0 saturated carbocycles. The molecule has 2 aliphatic rings. The molecule has 1 heterocycles. The van der Waals surface area contributed by atoms with Gasteiger partial charge in [0.1, 0.15) is 0 Å². The molecule has 8 heteroatoms. The predicted molar refractivity (Wildman–Crippen MR) is 124 cm³/mol. The summed E-state index contributed by atoms with van der Waals surface area (Å²) in [5.41, 5.74) is 3.87. The van der Waals surface area contributed by atoms with Crippen LogP contribution >= 0.6 is 0 Å². The Morgan fingerprint density at radius 2 is 1.94 bits per heavy atom. The maximum atomic E-state index is 12.8. The summed E-state index contributed by atoms with van der Waals surface area (Å²) in [4.78, 5) is 27.2. The van der Waals surface area contributed by atoms with Crippen molar-refractivity contribution in [3.63, 3.8) is 0 Å². The molecule has 1 saturated heterocycles. The highest BCUT2D eigenvalue weighted by atomic mass is 32.2. The Hall–Kier alpha value is -2.71. The molecule has 4 rings (SSSR count). The van der Waals surface area contributed by atoms with Gasteiger partial charge in [0.05, 0.1) is 10.8 Å². The number of carbonyl (C=O) groups excluding carboxylic acids is 2. The average molecular weight is 456 g/mol. The monoisotopic (exact) mass is 455 g/mol. The fourth-order valence-corrected chi connectivity index (χ4v) is 5.43. The van der Waals surface area contributed by atoms with Crippen molar-refractivity contribution in [1.82, 2.24) is 4.72 Å². The van der Waals surface area contributed by atoms with E-state index in [0.717, 1.165) is 37.8 Å². The fourth-order valence-electron chi connectivity index (χ4n) is 4.31. The highest BCUT2D eigenvalue weighted by Crippen LogP contribution is 2.31. The molecule has 2 N–H and O–H groups in total. The molecule has 0 aromatic heterocycles. The fraction of sp³-hybridized carbons (Fsp3) is 0.417. The quantitative estimate of drug-likeness (QED) is 0.598. The molecule has 2 aromatic carbocycles. The first-order chi connectivity index (χ1) is 15.4. The van der Waals surface area contributed by atoms with Gasteiger partial charge < -0.3 is 10.2 Å². The number of unbranched alkanes of at least 4 members (excludes halogenated alkanes) is 1. The molecular formula is C24H29N3O4S. The van der Waals surface area contributed by atoms with E-state index in [1.807, 2.05) is 13.0 Å². The van der Waals surface area contributed by atoms with Gasteiger partial charge in [-0.15, -0.1) is 0 Å². The number of nitrogens with one attached hydrogen (secondary N) is 2. The molecule has 7 nitrogen and oxygen atoms in total. The van der Waals surface area contributed by atoms with Crippen molar-refractivity contribution in [3.05, 3.63) is 53.6 Å². The summed E-state index contributed by atoms with van der Waals surface area (Å²) in [5.74, 6) is -0.839. The number of anilines is 2. The lowest BCUT2D eigenvalue weighted by molar-refractivity contribution is -0.122. The van der Waals surface area contributed by atoms with Crippen molar-refractivity contribution in [2.24, 2.45) is 5.92 Å². The molecule has 0 spiro atoms. The third kappa shape index (κ3) is 4.86. The van der Waals surface area contributed by atoms with E-state index in [1.54, 1.807) is 17.0 Å². The van der Waals surface area contributed by atoms with Gasteiger partial charge in [-0.05, 0) is 67.1 Å². The van der Waals surface area contributed by atoms with Crippen LogP contribution in [0, 0.1) is 5.92 Å². The van der Waals surface area contributed by atoms with Gasteiger partial charge in [-0.2, -0.15) is 0 Å². The number of hydrogen-bond acceptors (Lipinski definition) is 4. The van der Waals surface area contributed by atoms with E-state index in [-0.39, 0.29) is 23.1 Å². The van der Waals surface area contributed by atoms with Crippen molar-refractivity contribution in [2.45, 2.75) is 50.3 Å². The van der Waals surface area contributed by atoms with Crippen LogP contribution in [0.5, 0.6) is 0 Å². The van der Waals surface area contributed by atoms with Crippen molar-refractivity contribution in [2.75, 3.05) is 23.3 Å². The lowest BCUT2D eigenvalue weighted by Crippen LogP contribution is -2.28. The summed E-state index contributed by atoms with van der Waals surface area (Å²) in [6.07, 6.45) is 5.03. The first-order valence-corrected chi connectivity index (χ1v) is 12.7. The minimum absolute atomic E-state index is 0.0699. The standard InChI is InChI=1S/C24H29N3O4S/c1-2-3-12-25-32(30,31)22-9-5-8-20(15-22)26-24(29)19-14-23(28)27(16-19)21-11-10-17-6-4-7-18(17)13-21/h5,8-11,13,15,19,25H,2-4,6-7,12,14,16H2,1H3,(H,26,29). The second-order valence-electron chi connectivity index (χ2n) is 8.48. The summed E-state index contributed by atoms with van der Waals surface area (Å²) < 4.78 is 27.5. The minimum Gasteiger partial charge on any atom is -0.326 e. The molecule has 32 heavy (non-hydrogen) atoms. The number of fused-ring (bicyclic) bond motifs is 1. The third-order valence-corrected chi connectivity index (χ3v) is 7.58. The van der Waals surface area contributed by atoms with E-state index in [4.69, 9.17) is 0 Å². The molecule has 2 amide bonds. The number of carbonyl (C=O) groups is 2. The number of amides is 2. The molecule has 1 atom stereocenters. The molecule has 1 unspecified atom stereocenters. The Balaban J connectivity index is 1.42. The van der Waals surface area contributed by atoms with Gasteiger partial charge in [-0.25, -0.2) is 13.1 Å². The molecule has 1 aliphatic carbocycles. The summed E-state index contributed by atoms with van der Waals surface area (Å²) in [6.45, 7) is 2.68.